The Hall–Kier alpha value is -7.56. The molecule has 3 nitrogen and oxygen atoms in total. The van der Waals surface area contributed by atoms with Crippen LogP contribution in [0.4, 0.5) is 28.4 Å². The van der Waals surface area contributed by atoms with Gasteiger partial charge in [-0.25, -0.2) is 0 Å². The van der Waals surface area contributed by atoms with Gasteiger partial charge in [-0.15, -0.1) is 0 Å². The number of anilines is 5. The standard InChI is InChI=1S/C72H61BN3/c1-44-30-50-33-52-43-72(40-44,68(50)52)54-36-62-60-35-53(71-41-45-31-51(42-71)63(71)32-45)25-29-66(60)76-67-39-58(75(56-18-10-4-11-19-56)57-20-12-5-13-21-57)38-61(69(67)73-64(37-54)70(62)76)59-34-49(47-16-8-3-9-17-47)24-28-65(59)74-55-26-22-48(23-27-55)46-14-6-2-7-15-46/h2-29,34-39,44-45,50-52,63,68,74H,30-33,40-43H2,1H3. The van der Waals surface area contributed by atoms with Crippen molar-refractivity contribution in [3.63, 3.8) is 0 Å². The first-order chi connectivity index (χ1) is 37.4. The van der Waals surface area contributed by atoms with Gasteiger partial charge in [-0.3, -0.25) is 0 Å². The molecular formula is C72H61BN3. The molecule has 1 N–H and O–H groups in total. The normalized spacial score (nSPS) is 26.7. The van der Waals surface area contributed by atoms with Crippen LogP contribution in [-0.2, 0) is 10.8 Å². The summed E-state index contributed by atoms with van der Waals surface area (Å²) in [6.07, 6.45) is 11.2. The van der Waals surface area contributed by atoms with E-state index >= 15 is 0 Å². The average Bonchev–Trinajstić information content (AvgIpc) is 4.21. The summed E-state index contributed by atoms with van der Waals surface area (Å²) in [4.78, 5) is 2.46. The topological polar surface area (TPSA) is 20.2 Å². The van der Waals surface area contributed by atoms with Crippen molar-refractivity contribution in [2.24, 2.45) is 41.4 Å². The number of aromatic nitrogens is 1. The summed E-state index contributed by atoms with van der Waals surface area (Å²) >= 11 is 0. The van der Waals surface area contributed by atoms with Gasteiger partial charge in [0.05, 0.1) is 5.52 Å². The van der Waals surface area contributed by atoms with Gasteiger partial charge in [-0.2, -0.15) is 0 Å². The highest BCUT2D eigenvalue weighted by Crippen LogP contribution is 2.73. The first kappa shape index (κ1) is 43.7. The Bertz CT molecular complexity index is 3920. The second-order valence-electron chi connectivity index (χ2n) is 24.8. The summed E-state index contributed by atoms with van der Waals surface area (Å²) in [7, 11) is 2.62. The van der Waals surface area contributed by atoms with Gasteiger partial charge in [0.15, 0.2) is 7.28 Å². The first-order valence-corrected chi connectivity index (χ1v) is 28.6. The van der Waals surface area contributed by atoms with Gasteiger partial charge in [-0.1, -0.05) is 140 Å². The van der Waals surface area contributed by atoms with Crippen LogP contribution in [0.25, 0.3) is 60.9 Å². The van der Waals surface area contributed by atoms with E-state index in [0.717, 1.165) is 69.9 Å². The van der Waals surface area contributed by atoms with Gasteiger partial charge in [0.25, 0.3) is 0 Å². The maximum Gasteiger partial charge on any atom is 0.197 e. The summed E-state index contributed by atoms with van der Waals surface area (Å²) in [6.45, 7) is 2.55. The lowest BCUT2D eigenvalue weighted by Gasteiger charge is -2.70. The van der Waals surface area contributed by atoms with Crippen LogP contribution >= 0.6 is 0 Å². The SMILES string of the molecule is CC1CC2CC3CC(c4cc5c6c(c4)c4cc(C78CC9CC(C7)C8C9)ccc4n6-c4cc(N(c6ccccc6)c6ccccc6)cc(-c6cc(-c7ccccc7)ccc6Nc6ccc(-c7ccccc7)cc6)c4[B]5)(C1)C23. The number of nitrogens with one attached hydrogen (secondary N) is 1. The predicted molar refractivity (Wildman–Crippen MR) is 317 cm³/mol. The van der Waals surface area contributed by atoms with E-state index in [-0.39, 0.29) is 5.41 Å². The molecule has 1 aromatic heterocycles. The van der Waals surface area contributed by atoms with E-state index in [1.807, 2.05) is 0 Å². The highest BCUT2D eigenvalue weighted by Gasteiger charge is 2.66. The van der Waals surface area contributed by atoms with E-state index in [1.165, 1.54) is 123 Å². The van der Waals surface area contributed by atoms with Crippen LogP contribution in [0, 0.1) is 41.4 Å². The predicted octanol–water partition coefficient (Wildman–Crippen LogP) is 17.0. The van der Waals surface area contributed by atoms with Gasteiger partial charge in [0, 0.05) is 56.0 Å². The molecule has 9 unspecified atom stereocenters. The molecule has 17 rings (SSSR count). The van der Waals surface area contributed by atoms with Crippen molar-refractivity contribution in [3.05, 3.63) is 217 Å². The van der Waals surface area contributed by atoms with Crippen molar-refractivity contribution in [1.82, 2.24) is 4.57 Å². The van der Waals surface area contributed by atoms with Crippen LogP contribution in [0.1, 0.15) is 69.4 Å². The molecule has 10 aromatic rings. The summed E-state index contributed by atoms with van der Waals surface area (Å²) in [6, 6.07) is 77.9. The minimum absolute atomic E-state index is 0.274. The molecule has 0 spiro atoms. The van der Waals surface area contributed by atoms with E-state index in [9.17, 15) is 0 Å². The Kier molecular flexibility index (Phi) is 9.32. The van der Waals surface area contributed by atoms with Crippen molar-refractivity contribution >= 4 is 68.4 Å². The van der Waals surface area contributed by atoms with Crippen LogP contribution in [0.2, 0.25) is 0 Å². The second kappa shape index (κ2) is 16.2. The molecule has 1 radical (unpaired) electrons. The molecule has 9 atom stereocenters. The summed E-state index contributed by atoms with van der Waals surface area (Å²) < 4.78 is 2.71. The third-order valence-electron chi connectivity index (χ3n) is 20.8. The first-order valence-electron chi connectivity index (χ1n) is 28.6. The highest BCUT2D eigenvalue weighted by atomic mass is 15.1. The average molecular weight is 979 g/mol. The van der Waals surface area contributed by atoms with E-state index < -0.39 is 0 Å². The Labute approximate surface area is 447 Å². The van der Waals surface area contributed by atoms with Crippen LogP contribution in [0.15, 0.2) is 206 Å². The Morgan fingerprint density at radius 2 is 1.17 bits per heavy atom. The van der Waals surface area contributed by atoms with E-state index in [4.69, 9.17) is 0 Å². The number of rotatable bonds is 10. The fraction of sp³-hybridized carbons (Fsp3) is 0.250. The fourth-order valence-electron chi connectivity index (χ4n) is 17.9. The minimum Gasteiger partial charge on any atom is -0.355 e. The van der Waals surface area contributed by atoms with Crippen molar-refractivity contribution < 1.29 is 0 Å². The van der Waals surface area contributed by atoms with Crippen LogP contribution in [0.3, 0.4) is 0 Å². The summed E-state index contributed by atoms with van der Waals surface area (Å²) in [5.74, 6) is 6.11. The smallest absolute Gasteiger partial charge is 0.197 e. The third kappa shape index (κ3) is 6.31. The Balaban J connectivity index is 0.926. The lowest BCUT2D eigenvalue weighted by atomic mass is 9.34. The molecule has 6 aliphatic carbocycles. The maximum absolute atomic E-state index is 4.01. The molecule has 6 fully saturated rings. The molecule has 9 aromatic carbocycles. The van der Waals surface area contributed by atoms with Crippen LogP contribution in [0.5, 0.6) is 0 Å². The number of benzene rings is 9. The summed E-state index contributed by atoms with van der Waals surface area (Å²) in [5.41, 5.74) is 23.2. The lowest BCUT2D eigenvalue weighted by molar-refractivity contribution is -0.159. The zero-order chi connectivity index (χ0) is 49.9. The van der Waals surface area contributed by atoms with Crippen LogP contribution < -0.4 is 21.1 Å². The molecule has 4 heteroatoms. The second-order valence-corrected chi connectivity index (χ2v) is 24.8. The van der Waals surface area contributed by atoms with Crippen molar-refractivity contribution in [2.45, 2.75) is 69.1 Å². The zero-order valence-electron chi connectivity index (χ0n) is 43.3. The van der Waals surface area contributed by atoms with E-state index in [0.29, 0.717) is 5.41 Å². The van der Waals surface area contributed by atoms with Crippen molar-refractivity contribution in [3.8, 4) is 39.1 Å². The quantitative estimate of drug-likeness (QED) is 0.138. The van der Waals surface area contributed by atoms with Gasteiger partial charge in [-0.05, 0) is 227 Å². The monoisotopic (exact) mass is 978 g/mol. The molecule has 0 saturated heterocycles. The lowest BCUT2D eigenvalue weighted by Crippen LogP contribution is -2.65. The van der Waals surface area contributed by atoms with Gasteiger partial charge >= 0.3 is 0 Å². The van der Waals surface area contributed by atoms with Crippen LogP contribution in [-0.4, -0.2) is 11.8 Å². The van der Waals surface area contributed by atoms with E-state index in [2.05, 4.69) is 235 Å². The molecule has 2 heterocycles. The van der Waals surface area contributed by atoms with Gasteiger partial charge in [0.2, 0.25) is 0 Å². The fourth-order valence-corrected chi connectivity index (χ4v) is 17.9. The molecule has 0 amide bonds. The highest BCUT2D eigenvalue weighted by molar-refractivity contribution is 6.73. The molecule has 76 heavy (non-hydrogen) atoms. The maximum atomic E-state index is 4.01. The molecule has 7 aliphatic rings. The zero-order valence-corrected chi connectivity index (χ0v) is 43.3. The summed E-state index contributed by atoms with van der Waals surface area (Å²) in [5, 5.41) is 6.91. The molecule has 6 saturated carbocycles. The number of para-hydroxylation sites is 2. The number of hydrogen-bond acceptors (Lipinski definition) is 2. The number of hydrogen-bond donors (Lipinski definition) is 1. The Morgan fingerprint density at radius 1 is 0.500 bits per heavy atom. The van der Waals surface area contributed by atoms with Gasteiger partial charge in [0.1, 0.15) is 0 Å². The van der Waals surface area contributed by atoms with Crippen molar-refractivity contribution in [2.75, 3.05) is 10.2 Å². The number of nitrogens with zero attached hydrogens (tertiary/aromatic N) is 2. The Morgan fingerprint density at radius 3 is 1.87 bits per heavy atom. The number of fused-ring (bicyclic) bond motifs is 6. The van der Waals surface area contributed by atoms with E-state index in [1.54, 1.807) is 11.1 Å². The van der Waals surface area contributed by atoms with Gasteiger partial charge < -0.3 is 14.8 Å². The molecule has 1 aliphatic heterocycles. The molecular weight excluding hydrogens is 918 g/mol. The third-order valence-corrected chi connectivity index (χ3v) is 20.8. The molecule has 367 valence electrons. The minimum atomic E-state index is 0.274. The molecule has 2 bridgehead atoms. The largest absolute Gasteiger partial charge is 0.355 e. The van der Waals surface area contributed by atoms with Crippen molar-refractivity contribution in [1.29, 1.82) is 0 Å².